The summed E-state index contributed by atoms with van der Waals surface area (Å²) in [7, 11) is 0. The maximum atomic E-state index is 12.1. The van der Waals surface area contributed by atoms with Gasteiger partial charge < -0.3 is 10.3 Å². The largest absolute Gasteiger partial charge is 0.365 e. The van der Waals surface area contributed by atoms with E-state index in [1.807, 2.05) is 0 Å². The van der Waals surface area contributed by atoms with E-state index in [2.05, 4.69) is 4.98 Å². The minimum atomic E-state index is -1.03. The first-order valence-corrected chi connectivity index (χ1v) is 6.06. The Kier molecular flexibility index (Phi) is 3.99. The van der Waals surface area contributed by atoms with Crippen LogP contribution in [0, 0.1) is 10.1 Å². The number of hydrogen-bond acceptors (Lipinski definition) is 5. The summed E-state index contributed by atoms with van der Waals surface area (Å²) in [5.41, 5.74) is 3.88. The number of nitro groups is 1. The van der Waals surface area contributed by atoms with Crippen molar-refractivity contribution in [2.24, 2.45) is 5.73 Å². The van der Waals surface area contributed by atoms with Crippen LogP contribution < -0.4 is 11.3 Å². The van der Waals surface area contributed by atoms with Crippen molar-refractivity contribution in [2.45, 2.75) is 6.54 Å². The van der Waals surface area contributed by atoms with Crippen LogP contribution in [0.1, 0.15) is 16.1 Å². The lowest BCUT2D eigenvalue weighted by Crippen LogP contribution is -2.30. The highest BCUT2D eigenvalue weighted by molar-refractivity contribution is 6.29. The molecule has 2 N–H and O–H groups in total. The molecule has 8 nitrogen and oxygen atoms in total. The van der Waals surface area contributed by atoms with E-state index in [-0.39, 0.29) is 11.7 Å². The van der Waals surface area contributed by atoms with Crippen LogP contribution in [0.3, 0.4) is 0 Å². The number of halogens is 1. The number of nitrogens with two attached hydrogens (primary N) is 1. The molecular weight excluding hydrogens is 300 g/mol. The second kappa shape index (κ2) is 5.71. The lowest BCUT2D eigenvalue weighted by molar-refractivity contribution is -0.385. The second-order valence-electron chi connectivity index (χ2n) is 4.12. The molecule has 0 fully saturated rings. The van der Waals surface area contributed by atoms with Crippen LogP contribution in [0.4, 0.5) is 5.69 Å². The minimum absolute atomic E-state index is 0.0681. The number of amides is 1. The Morgan fingerprint density at radius 1 is 1.48 bits per heavy atom. The first-order chi connectivity index (χ1) is 9.88. The van der Waals surface area contributed by atoms with Crippen molar-refractivity contribution in [2.75, 3.05) is 0 Å². The monoisotopic (exact) mass is 308 g/mol. The SMILES string of the molecule is NC(=O)c1cc([N+](=O)[O-])cn(Cc2cccc(Cl)n2)c1=O. The van der Waals surface area contributed by atoms with Gasteiger partial charge in [0.2, 0.25) is 0 Å². The van der Waals surface area contributed by atoms with Crippen molar-refractivity contribution in [3.63, 3.8) is 0 Å². The smallest absolute Gasteiger partial charge is 0.286 e. The van der Waals surface area contributed by atoms with Gasteiger partial charge in [-0.1, -0.05) is 17.7 Å². The van der Waals surface area contributed by atoms with Crippen LogP contribution in [-0.2, 0) is 6.54 Å². The van der Waals surface area contributed by atoms with Crippen LogP contribution in [-0.4, -0.2) is 20.4 Å². The molecule has 2 rings (SSSR count). The fraction of sp³-hybridized carbons (Fsp3) is 0.0833. The summed E-state index contributed by atoms with van der Waals surface area (Å²) < 4.78 is 0.997. The standard InChI is InChI=1S/C12H9ClN4O4/c13-10-3-1-2-7(15-10)5-16-6-8(17(20)21)4-9(11(14)18)12(16)19/h1-4,6H,5H2,(H2,14,18). The van der Waals surface area contributed by atoms with Crippen molar-refractivity contribution in [1.82, 2.24) is 9.55 Å². The molecule has 0 spiro atoms. The van der Waals surface area contributed by atoms with Crippen molar-refractivity contribution < 1.29 is 9.72 Å². The van der Waals surface area contributed by atoms with Crippen LogP contribution in [0.5, 0.6) is 0 Å². The molecule has 9 heteroatoms. The third kappa shape index (κ3) is 3.23. The number of hydrogen-bond donors (Lipinski definition) is 1. The van der Waals surface area contributed by atoms with Gasteiger partial charge >= 0.3 is 0 Å². The summed E-state index contributed by atoms with van der Waals surface area (Å²) in [6.07, 6.45) is 1.03. The number of aromatic nitrogens is 2. The molecule has 0 saturated carbocycles. The maximum Gasteiger partial charge on any atom is 0.286 e. The third-order valence-electron chi connectivity index (χ3n) is 2.65. The fourth-order valence-electron chi connectivity index (χ4n) is 1.73. The van der Waals surface area contributed by atoms with Gasteiger partial charge in [0.05, 0.1) is 23.4 Å². The van der Waals surface area contributed by atoms with E-state index in [0.29, 0.717) is 5.69 Å². The summed E-state index contributed by atoms with van der Waals surface area (Å²) in [6, 6.07) is 5.63. The van der Waals surface area contributed by atoms with E-state index in [9.17, 15) is 19.7 Å². The van der Waals surface area contributed by atoms with Crippen LogP contribution >= 0.6 is 11.6 Å². The predicted molar refractivity (Wildman–Crippen MR) is 74.2 cm³/mol. The number of nitrogens with zero attached hydrogens (tertiary/aromatic N) is 3. The Balaban J connectivity index is 2.54. The molecule has 2 heterocycles. The van der Waals surface area contributed by atoms with Gasteiger partial charge in [0.15, 0.2) is 0 Å². The highest BCUT2D eigenvalue weighted by Crippen LogP contribution is 2.12. The molecule has 0 unspecified atom stereocenters. The second-order valence-corrected chi connectivity index (χ2v) is 4.51. The predicted octanol–water partition coefficient (Wildman–Crippen LogP) is 0.952. The van der Waals surface area contributed by atoms with Gasteiger partial charge in [-0.05, 0) is 12.1 Å². The van der Waals surface area contributed by atoms with Crippen LogP contribution in [0.2, 0.25) is 5.15 Å². The Labute approximate surface area is 122 Å². The number of carbonyl (C=O) groups is 1. The topological polar surface area (TPSA) is 121 Å². The lowest BCUT2D eigenvalue weighted by Gasteiger charge is -2.07. The average Bonchev–Trinajstić information content (AvgIpc) is 2.40. The van der Waals surface area contributed by atoms with Gasteiger partial charge in [-0.15, -0.1) is 0 Å². The van der Waals surface area contributed by atoms with Gasteiger partial charge in [-0.25, -0.2) is 4.98 Å². The van der Waals surface area contributed by atoms with Crippen LogP contribution in [0.15, 0.2) is 35.3 Å². The molecule has 2 aromatic rings. The lowest BCUT2D eigenvalue weighted by atomic mass is 10.2. The molecule has 0 aliphatic carbocycles. The summed E-state index contributed by atoms with van der Waals surface area (Å²) in [6.45, 7) is -0.0681. The summed E-state index contributed by atoms with van der Waals surface area (Å²) in [5.74, 6) is -1.03. The normalized spacial score (nSPS) is 10.3. The molecule has 21 heavy (non-hydrogen) atoms. The first kappa shape index (κ1) is 14.7. The number of primary amides is 1. The van der Waals surface area contributed by atoms with E-state index in [1.54, 1.807) is 18.2 Å². The minimum Gasteiger partial charge on any atom is -0.365 e. The number of rotatable bonds is 4. The number of carbonyl (C=O) groups excluding carboxylic acids is 1. The Morgan fingerprint density at radius 3 is 2.76 bits per heavy atom. The molecule has 0 aromatic carbocycles. The zero-order valence-corrected chi connectivity index (χ0v) is 11.3. The average molecular weight is 309 g/mol. The zero-order valence-electron chi connectivity index (χ0n) is 10.5. The van der Waals surface area contributed by atoms with Crippen molar-refractivity contribution in [3.05, 3.63) is 67.3 Å². The van der Waals surface area contributed by atoms with E-state index < -0.39 is 27.6 Å². The fourth-order valence-corrected chi connectivity index (χ4v) is 1.91. The molecule has 0 saturated heterocycles. The quantitative estimate of drug-likeness (QED) is 0.512. The molecule has 2 aromatic heterocycles. The molecule has 1 amide bonds. The van der Waals surface area contributed by atoms with Crippen molar-refractivity contribution >= 4 is 23.2 Å². The summed E-state index contributed by atoms with van der Waals surface area (Å²) in [4.78, 5) is 37.4. The molecular formula is C12H9ClN4O4. The molecule has 108 valence electrons. The Hall–Kier alpha value is -2.74. The van der Waals surface area contributed by atoms with Crippen molar-refractivity contribution in [1.29, 1.82) is 0 Å². The summed E-state index contributed by atoms with van der Waals surface area (Å²) in [5, 5.41) is 11.1. The molecule has 0 bridgehead atoms. The van der Waals surface area contributed by atoms with Gasteiger partial charge in [0.1, 0.15) is 10.7 Å². The highest BCUT2D eigenvalue weighted by atomic mass is 35.5. The van der Waals surface area contributed by atoms with E-state index in [4.69, 9.17) is 17.3 Å². The van der Waals surface area contributed by atoms with E-state index in [1.165, 1.54) is 0 Å². The number of pyridine rings is 2. The van der Waals surface area contributed by atoms with Gasteiger partial charge in [0, 0.05) is 6.07 Å². The van der Waals surface area contributed by atoms with Crippen molar-refractivity contribution in [3.8, 4) is 0 Å². The van der Waals surface area contributed by atoms with E-state index in [0.717, 1.165) is 16.8 Å². The molecule has 0 aliphatic heterocycles. The molecule has 0 radical (unpaired) electrons. The maximum absolute atomic E-state index is 12.1. The highest BCUT2D eigenvalue weighted by Gasteiger charge is 2.17. The molecule has 0 atom stereocenters. The first-order valence-electron chi connectivity index (χ1n) is 5.68. The van der Waals surface area contributed by atoms with Crippen LogP contribution in [0.25, 0.3) is 0 Å². The Bertz CT molecular complexity index is 787. The summed E-state index contributed by atoms with van der Waals surface area (Å²) >= 11 is 5.73. The van der Waals surface area contributed by atoms with E-state index >= 15 is 0 Å². The third-order valence-corrected chi connectivity index (χ3v) is 2.86. The Morgan fingerprint density at radius 2 is 2.19 bits per heavy atom. The molecule has 0 aliphatic rings. The van der Waals surface area contributed by atoms with Gasteiger partial charge in [-0.3, -0.25) is 19.7 Å². The zero-order chi connectivity index (χ0) is 15.6. The van der Waals surface area contributed by atoms with Gasteiger partial charge in [0.25, 0.3) is 17.2 Å². The van der Waals surface area contributed by atoms with Gasteiger partial charge in [-0.2, -0.15) is 0 Å².